The maximum Gasteiger partial charge on any atom is 0.472 e. The van der Waals surface area contributed by atoms with Crippen LogP contribution in [0.1, 0.15) is 408 Å². The number of unbranched alkanes of at least 4 members (excludes halogenated alkanes) is 46. The minimum absolute atomic E-state index is 0.101. The van der Waals surface area contributed by atoms with Gasteiger partial charge in [-0.3, -0.25) is 37.3 Å². The highest BCUT2D eigenvalue weighted by atomic mass is 31.2. The van der Waals surface area contributed by atoms with E-state index in [1.165, 1.54) is 205 Å². The van der Waals surface area contributed by atoms with Gasteiger partial charge in [0.15, 0.2) is 12.2 Å². The first-order chi connectivity index (χ1) is 48.9. The summed E-state index contributed by atoms with van der Waals surface area (Å²) in [5.41, 5.74) is 0. The molecular weight excluding hydrogens is 1320 g/mol. The van der Waals surface area contributed by atoms with Gasteiger partial charge < -0.3 is 33.8 Å². The number of hydrogen-bond donors (Lipinski definition) is 3. The second-order valence-electron chi connectivity index (χ2n) is 29.8. The largest absolute Gasteiger partial charge is 0.472 e. The van der Waals surface area contributed by atoms with Gasteiger partial charge in [0, 0.05) is 25.7 Å². The highest BCUT2D eigenvalue weighted by Gasteiger charge is 2.30. The van der Waals surface area contributed by atoms with E-state index in [4.69, 9.17) is 37.0 Å². The number of phosphoric ester groups is 2. The Hall–Kier alpha value is -2.46. The molecule has 19 heteroatoms. The maximum atomic E-state index is 13.1. The van der Waals surface area contributed by atoms with Crippen LogP contribution in [0.4, 0.5) is 0 Å². The number of aliphatic hydroxyl groups is 1. The van der Waals surface area contributed by atoms with Crippen LogP contribution in [0.3, 0.4) is 0 Å². The Morgan fingerprint density at radius 3 is 0.812 bits per heavy atom. The Kier molecular flexibility index (Phi) is 71.3. The third kappa shape index (κ3) is 75.6. The van der Waals surface area contributed by atoms with E-state index in [9.17, 15) is 43.2 Å². The SMILES string of the molecule is CCCCCC/C=C\C=C/CCCCCCCC(=O)OC[C@H](COP(=O)(O)OC[C@@H](O)COP(=O)(O)OC[C@@H](COC(=O)CCCCCCCCCCCC(C)C)OC(=O)CCCCCCCCCCCCCCC)OC(=O)CCCCCCCCCCCCCCCCCCCCC(C)C. The number of esters is 4. The number of carbonyl (C=O) groups is 4. The van der Waals surface area contributed by atoms with Crippen molar-refractivity contribution in [3.8, 4) is 0 Å². The minimum Gasteiger partial charge on any atom is -0.462 e. The Balaban J connectivity index is 5.27. The third-order valence-corrected chi connectivity index (χ3v) is 20.5. The van der Waals surface area contributed by atoms with Gasteiger partial charge in [-0.15, -0.1) is 0 Å². The van der Waals surface area contributed by atoms with Gasteiger partial charge in [-0.25, -0.2) is 9.13 Å². The van der Waals surface area contributed by atoms with Crippen LogP contribution in [-0.4, -0.2) is 96.7 Å². The summed E-state index contributed by atoms with van der Waals surface area (Å²) in [6, 6.07) is 0. The van der Waals surface area contributed by atoms with E-state index in [0.717, 1.165) is 121 Å². The van der Waals surface area contributed by atoms with E-state index in [1.807, 2.05) is 0 Å². The van der Waals surface area contributed by atoms with E-state index in [0.29, 0.717) is 25.7 Å². The van der Waals surface area contributed by atoms with Crippen LogP contribution in [-0.2, 0) is 65.4 Å². The molecule has 0 rings (SSSR count). The highest BCUT2D eigenvalue weighted by Crippen LogP contribution is 2.45. The molecule has 0 saturated heterocycles. The molecule has 0 amide bonds. The molecule has 0 heterocycles. The predicted octanol–water partition coefficient (Wildman–Crippen LogP) is 24.2. The average molecular weight is 1480 g/mol. The fraction of sp³-hybridized carbons (Fsp3) is 0.902. The average Bonchev–Trinajstić information content (AvgIpc) is 0.925. The van der Waals surface area contributed by atoms with Gasteiger partial charge in [0.1, 0.15) is 19.3 Å². The molecule has 0 aliphatic carbocycles. The molecule has 101 heavy (non-hydrogen) atoms. The van der Waals surface area contributed by atoms with Crippen LogP contribution < -0.4 is 0 Å². The fourth-order valence-electron chi connectivity index (χ4n) is 12.2. The summed E-state index contributed by atoms with van der Waals surface area (Å²) >= 11 is 0. The molecule has 0 aromatic carbocycles. The van der Waals surface area contributed by atoms with Crippen molar-refractivity contribution in [3.05, 3.63) is 24.3 Å². The molecule has 17 nitrogen and oxygen atoms in total. The van der Waals surface area contributed by atoms with E-state index >= 15 is 0 Å². The summed E-state index contributed by atoms with van der Waals surface area (Å²) in [5.74, 6) is -0.576. The summed E-state index contributed by atoms with van der Waals surface area (Å²) in [7, 11) is -9.93. The van der Waals surface area contributed by atoms with Crippen LogP contribution in [0.5, 0.6) is 0 Å². The molecule has 0 radical (unpaired) electrons. The maximum absolute atomic E-state index is 13.1. The van der Waals surface area contributed by atoms with Gasteiger partial charge in [0.25, 0.3) is 0 Å². The van der Waals surface area contributed by atoms with E-state index in [2.05, 4.69) is 65.8 Å². The van der Waals surface area contributed by atoms with Crippen LogP contribution in [0.25, 0.3) is 0 Å². The topological polar surface area (TPSA) is 237 Å². The van der Waals surface area contributed by atoms with E-state index < -0.39 is 97.5 Å². The molecule has 0 saturated carbocycles. The summed E-state index contributed by atoms with van der Waals surface area (Å²) in [6.07, 6.45) is 66.0. The molecule has 5 atom stereocenters. The molecule has 0 spiro atoms. The second kappa shape index (κ2) is 73.1. The summed E-state index contributed by atoms with van der Waals surface area (Å²) in [4.78, 5) is 73.0. The van der Waals surface area contributed by atoms with E-state index in [1.54, 1.807) is 0 Å². The Morgan fingerprint density at radius 1 is 0.307 bits per heavy atom. The molecule has 0 aromatic rings. The molecule has 0 aliphatic rings. The first-order valence-electron chi connectivity index (χ1n) is 41.8. The first-order valence-corrected chi connectivity index (χ1v) is 44.8. The van der Waals surface area contributed by atoms with E-state index in [-0.39, 0.29) is 25.7 Å². The zero-order chi connectivity index (χ0) is 74.2. The van der Waals surface area contributed by atoms with Crippen LogP contribution in [0.15, 0.2) is 24.3 Å². The van der Waals surface area contributed by atoms with Crippen molar-refractivity contribution >= 4 is 39.5 Å². The van der Waals surface area contributed by atoms with Crippen LogP contribution >= 0.6 is 15.6 Å². The number of aliphatic hydroxyl groups excluding tert-OH is 1. The van der Waals surface area contributed by atoms with Crippen molar-refractivity contribution in [2.45, 2.75) is 426 Å². The van der Waals surface area contributed by atoms with Crippen molar-refractivity contribution in [2.24, 2.45) is 11.8 Å². The number of allylic oxidation sites excluding steroid dienone is 4. The van der Waals surface area contributed by atoms with Gasteiger partial charge in [0.2, 0.25) is 0 Å². The third-order valence-electron chi connectivity index (χ3n) is 18.6. The number of carbonyl (C=O) groups excluding carboxylic acids is 4. The first kappa shape index (κ1) is 98.5. The molecule has 596 valence electrons. The summed E-state index contributed by atoms with van der Waals surface area (Å²) in [5, 5.41) is 10.6. The number of phosphoric acid groups is 2. The van der Waals surface area contributed by atoms with Gasteiger partial charge in [-0.1, -0.05) is 355 Å². The number of ether oxygens (including phenoxy) is 4. The minimum atomic E-state index is -4.97. The molecular formula is C82H156O17P2. The zero-order valence-electron chi connectivity index (χ0n) is 65.7. The lowest BCUT2D eigenvalue weighted by Crippen LogP contribution is -2.30. The van der Waals surface area contributed by atoms with Gasteiger partial charge in [0.05, 0.1) is 26.4 Å². The number of rotatable bonds is 79. The quantitative estimate of drug-likeness (QED) is 0.0169. The molecule has 0 aliphatic heterocycles. The lowest BCUT2D eigenvalue weighted by molar-refractivity contribution is -0.161. The molecule has 2 unspecified atom stereocenters. The fourth-order valence-corrected chi connectivity index (χ4v) is 13.8. The molecule has 0 bridgehead atoms. The summed E-state index contributed by atoms with van der Waals surface area (Å²) < 4.78 is 68.7. The predicted molar refractivity (Wildman–Crippen MR) is 414 cm³/mol. The lowest BCUT2D eigenvalue weighted by Gasteiger charge is -2.21. The van der Waals surface area contributed by atoms with Crippen molar-refractivity contribution in [2.75, 3.05) is 39.6 Å². The van der Waals surface area contributed by atoms with Gasteiger partial charge in [-0.2, -0.15) is 0 Å². The monoisotopic (exact) mass is 1480 g/mol. The Labute approximate surface area is 618 Å². The van der Waals surface area contributed by atoms with Crippen LogP contribution in [0, 0.1) is 11.8 Å². The van der Waals surface area contributed by atoms with Gasteiger partial charge in [-0.05, 0) is 63.2 Å². The molecule has 3 N–H and O–H groups in total. The normalized spacial score (nSPS) is 14.0. The molecule has 0 fully saturated rings. The zero-order valence-corrected chi connectivity index (χ0v) is 67.5. The highest BCUT2D eigenvalue weighted by molar-refractivity contribution is 7.47. The Bertz CT molecular complexity index is 2040. The van der Waals surface area contributed by atoms with Crippen molar-refractivity contribution in [1.82, 2.24) is 0 Å². The summed E-state index contributed by atoms with van der Waals surface area (Å²) in [6.45, 7) is 9.59. The van der Waals surface area contributed by atoms with Crippen molar-refractivity contribution in [3.63, 3.8) is 0 Å². The smallest absolute Gasteiger partial charge is 0.462 e. The molecule has 0 aromatic heterocycles. The van der Waals surface area contributed by atoms with Gasteiger partial charge >= 0.3 is 39.5 Å². The number of hydrogen-bond acceptors (Lipinski definition) is 15. The standard InChI is InChI=1S/C82H156O17P2/c1-7-9-11-13-15-17-19-21-26-31-34-40-46-52-58-64-79(84)92-70-77(98-82(87)67-61-55-49-42-36-32-28-25-23-22-24-27-30-33-38-44-50-56-62-74(3)4)72-96-100(88,89)94-68-76(83)69-95-101(90,91)97-73-78(71-93-80(85)65-59-53-47-43-37-39-45-51-57-63-75(5)6)99-81(86)66-60-54-48-41-35-29-20-18-16-14-12-10-8-2/h17,19,21,26,74-78,83H,7-16,18,20,22-25,27-73H2,1-6H3,(H,88,89)(H,90,91)/b19-17-,26-21-/t76-,77-,78-/m1/s1. The van der Waals surface area contributed by atoms with Crippen molar-refractivity contribution < 1.29 is 80.2 Å². The Morgan fingerprint density at radius 2 is 0.535 bits per heavy atom. The lowest BCUT2D eigenvalue weighted by atomic mass is 10.0. The van der Waals surface area contributed by atoms with Crippen LogP contribution in [0.2, 0.25) is 0 Å². The second-order valence-corrected chi connectivity index (χ2v) is 32.7. The van der Waals surface area contributed by atoms with Crippen molar-refractivity contribution in [1.29, 1.82) is 0 Å².